The summed E-state index contributed by atoms with van der Waals surface area (Å²) in [7, 11) is 3.79. The molecule has 3 N–H and O–H groups in total. The van der Waals surface area contributed by atoms with Gasteiger partial charge in [-0.3, -0.25) is 0 Å². The Morgan fingerprint density at radius 1 is 1.26 bits per heavy atom. The van der Waals surface area contributed by atoms with Crippen LogP contribution in [0.3, 0.4) is 0 Å². The topological polar surface area (TPSA) is 86.1 Å². The molecular weight excluding hydrogens is 290 g/mol. The minimum Gasteiger partial charge on any atom is -0.371 e. The molecule has 7 nitrogen and oxygen atoms in total. The highest BCUT2D eigenvalue weighted by molar-refractivity contribution is 5.86. The fourth-order valence-electron chi connectivity index (χ4n) is 2.79. The Labute approximate surface area is 132 Å². The highest BCUT2D eigenvalue weighted by Crippen LogP contribution is 2.25. The van der Waals surface area contributed by atoms with E-state index in [0.29, 0.717) is 6.54 Å². The van der Waals surface area contributed by atoms with Crippen LogP contribution in [-0.2, 0) is 13.6 Å². The average Bonchev–Trinajstić information content (AvgIpc) is 3.17. The molecule has 0 bridgehead atoms. The largest absolute Gasteiger partial charge is 0.371 e. The number of rotatable bonds is 3. The molecule has 0 aliphatic rings. The number of nitrogens with one attached hydrogen (secondary N) is 1. The molecule has 0 amide bonds. The predicted molar refractivity (Wildman–Crippen MR) is 90.1 cm³/mol. The molecule has 0 saturated heterocycles. The second-order valence-corrected chi connectivity index (χ2v) is 5.44. The Hall–Kier alpha value is -2.93. The fraction of sp³-hybridized carbons (Fsp3) is 0.188. The summed E-state index contributed by atoms with van der Waals surface area (Å²) in [5, 5.41) is 7.82. The van der Waals surface area contributed by atoms with Crippen molar-refractivity contribution in [1.29, 1.82) is 0 Å². The number of hydrogen-bond acceptors (Lipinski definition) is 5. The lowest BCUT2D eigenvalue weighted by atomic mass is 10.1. The van der Waals surface area contributed by atoms with Crippen LogP contribution in [0.15, 0.2) is 36.7 Å². The van der Waals surface area contributed by atoms with Crippen LogP contribution in [0.25, 0.3) is 28.1 Å². The third kappa shape index (κ3) is 2.05. The predicted octanol–water partition coefficient (Wildman–Crippen LogP) is 1.78. The number of aromatic nitrogens is 5. The van der Waals surface area contributed by atoms with Crippen LogP contribution >= 0.6 is 0 Å². The van der Waals surface area contributed by atoms with Crippen LogP contribution in [0, 0.1) is 0 Å². The van der Waals surface area contributed by atoms with Crippen molar-refractivity contribution in [2.45, 2.75) is 6.54 Å². The molecule has 0 aliphatic heterocycles. The van der Waals surface area contributed by atoms with Crippen molar-refractivity contribution in [3.8, 4) is 11.3 Å². The van der Waals surface area contributed by atoms with Gasteiger partial charge in [0.25, 0.3) is 0 Å². The van der Waals surface area contributed by atoms with E-state index < -0.39 is 0 Å². The summed E-state index contributed by atoms with van der Waals surface area (Å²) in [6.07, 6.45) is 1.77. The van der Waals surface area contributed by atoms with Crippen molar-refractivity contribution >= 4 is 22.6 Å². The number of anilines is 1. The van der Waals surface area contributed by atoms with E-state index in [1.807, 2.05) is 47.4 Å². The maximum Gasteiger partial charge on any atom is 0.167 e. The summed E-state index contributed by atoms with van der Waals surface area (Å²) in [6.45, 7) is 0.509. The van der Waals surface area contributed by atoms with Gasteiger partial charge in [0.15, 0.2) is 22.6 Å². The zero-order chi connectivity index (χ0) is 16.0. The lowest BCUT2D eigenvalue weighted by Crippen LogP contribution is -2.02. The van der Waals surface area contributed by atoms with E-state index in [9.17, 15) is 0 Å². The standard InChI is InChI=1S/C16H17N7/c1-18-15-14-16(22(2)9-19-14)23-13(20-15)7-12(21-23)11-5-3-4-10(6-11)8-17/h3-7,9H,8,17H2,1-2H3,(H,18,20). The highest BCUT2D eigenvalue weighted by Gasteiger charge is 2.15. The molecule has 0 unspecified atom stereocenters. The first-order valence-electron chi connectivity index (χ1n) is 7.39. The quantitative estimate of drug-likeness (QED) is 0.602. The number of benzene rings is 1. The highest BCUT2D eigenvalue weighted by atomic mass is 15.3. The molecule has 4 rings (SSSR count). The summed E-state index contributed by atoms with van der Waals surface area (Å²) in [6, 6.07) is 10.1. The monoisotopic (exact) mass is 307 g/mol. The summed E-state index contributed by atoms with van der Waals surface area (Å²) in [5.41, 5.74) is 11.2. The van der Waals surface area contributed by atoms with Crippen molar-refractivity contribution in [3.63, 3.8) is 0 Å². The van der Waals surface area contributed by atoms with Crippen molar-refractivity contribution in [2.24, 2.45) is 12.8 Å². The fourth-order valence-corrected chi connectivity index (χ4v) is 2.79. The number of nitrogens with two attached hydrogens (primary N) is 1. The number of fused-ring (bicyclic) bond motifs is 3. The van der Waals surface area contributed by atoms with E-state index in [0.717, 1.165) is 39.4 Å². The molecule has 23 heavy (non-hydrogen) atoms. The van der Waals surface area contributed by atoms with Gasteiger partial charge >= 0.3 is 0 Å². The summed E-state index contributed by atoms with van der Waals surface area (Å²) in [5.74, 6) is 0.746. The molecule has 0 spiro atoms. The second-order valence-electron chi connectivity index (χ2n) is 5.44. The van der Waals surface area contributed by atoms with Gasteiger partial charge in [-0.1, -0.05) is 18.2 Å². The molecule has 7 heteroatoms. The van der Waals surface area contributed by atoms with E-state index >= 15 is 0 Å². The van der Waals surface area contributed by atoms with Gasteiger partial charge in [0.1, 0.15) is 0 Å². The maximum absolute atomic E-state index is 5.73. The third-order valence-corrected chi connectivity index (χ3v) is 3.94. The first kappa shape index (κ1) is 13.7. The van der Waals surface area contributed by atoms with Gasteiger partial charge in [-0.05, 0) is 11.6 Å². The van der Waals surface area contributed by atoms with Crippen LogP contribution in [-0.4, -0.2) is 31.2 Å². The second kappa shape index (κ2) is 5.06. The molecule has 0 fully saturated rings. The van der Waals surface area contributed by atoms with Crippen molar-refractivity contribution < 1.29 is 0 Å². The molecule has 0 radical (unpaired) electrons. The van der Waals surface area contributed by atoms with Gasteiger partial charge in [-0.15, -0.1) is 0 Å². The molecule has 1 aromatic carbocycles. The lowest BCUT2D eigenvalue weighted by molar-refractivity contribution is 0.876. The van der Waals surface area contributed by atoms with E-state index in [4.69, 9.17) is 10.8 Å². The Bertz CT molecular complexity index is 1010. The van der Waals surface area contributed by atoms with Crippen LogP contribution in [0.4, 0.5) is 5.82 Å². The van der Waals surface area contributed by atoms with Crippen molar-refractivity contribution in [2.75, 3.05) is 12.4 Å². The Morgan fingerprint density at radius 3 is 2.91 bits per heavy atom. The SMILES string of the molecule is CNc1nc2cc(-c3cccc(CN)c3)nn2c2c1ncn2C. The van der Waals surface area contributed by atoms with Gasteiger partial charge in [0, 0.05) is 32.3 Å². The minimum absolute atomic E-state index is 0.509. The van der Waals surface area contributed by atoms with Gasteiger partial charge in [0.05, 0.1) is 12.0 Å². The van der Waals surface area contributed by atoms with Crippen molar-refractivity contribution in [3.05, 3.63) is 42.2 Å². The Morgan fingerprint density at radius 2 is 2.13 bits per heavy atom. The molecule has 0 aliphatic carbocycles. The number of imidazole rings is 1. The molecule has 3 aromatic heterocycles. The summed E-state index contributed by atoms with van der Waals surface area (Å²) >= 11 is 0. The Kier molecular flexibility index (Phi) is 3.02. The average molecular weight is 307 g/mol. The molecule has 4 aromatic rings. The molecular formula is C16H17N7. The van der Waals surface area contributed by atoms with Gasteiger partial charge in [-0.25, -0.2) is 9.97 Å². The van der Waals surface area contributed by atoms with Crippen LogP contribution in [0.2, 0.25) is 0 Å². The van der Waals surface area contributed by atoms with E-state index in [2.05, 4.69) is 21.4 Å². The molecule has 0 saturated carbocycles. The number of aryl methyl sites for hydroxylation is 1. The van der Waals surface area contributed by atoms with E-state index in [-0.39, 0.29) is 0 Å². The van der Waals surface area contributed by atoms with Gasteiger partial charge in [-0.2, -0.15) is 9.61 Å². The zero-order valence-corrected chi connectivity index (χ0v) is 13.0. The van der Waals surface area contributed by atoms with E-state index in [1.54, 1.807) is 6.33 Å². The number of hydrogen-bond donors (Lipinski definition) is 2. The van der Waals surface area contributed by atoms with E-state index in [1.165, 1.54) is 0 Å². The van der Waals surface area contributed by atoms with Crippen LogP contribution in [0.1, 0.15) is 5.56 Å². The van der Waals surface area contributed by atoms with Crippen LogP contribution < -0.4 is 11.1 Å². The lowest BCUT2D eigenvalue weighted by Gasteiger charge is -2.03. The molecule has 0 atom stereocenters. The van der Waals surface area contributed by atoms with Crippen LogP contribution in [0.5, 0.6) is 0 Å². The van der Waals surface area contributed by atoms with Crippen molar-refractivity contribution in [1.82, 2.24) is 24.1 Å². The zero-order valence-electron chi connectivity index (χ0n) is 13.0. The summed E-state index contributed by atoms with van der Waals surface area (Å²) in [4.78, 5) is 9.02. The smallest absolute Gasteiger partial charge is 0.167 e. The molecule has 116 valence electrons. The molecule has 3 heterocycles. The van der Waals surface area contributed by atoms with Gasteiger partial charge < -0.3 is 15.6 Å². The summed E-state index contributed by atoms with van der Waals surface area (Å²) < 4.78 is 3.77. The maximum atomic E-state index is 5.73. The minimum atomic E-state index is 0.509. The first-order valence-corrected chi connectivity index (χ1v) is 7.39. The third-order valence-electron chi connectivity index (χ3n) is 3.94. The Balaban J connectivity index is 2.00. The van der Waals surface area contributed by atoms with Gasteiger partial charge in [0.2, 0.25) is 0 Å². The normalized spacial score (nSPS) is 11.4. The number of nitrogens with zero attached hydrogens (tertiary/aromatic N) is 5. The first-order chi connectivity index (χ1) is 11.2.